The molecule has 0 aliphatic rings. The molecule has 0 unspecified atom stereocenters. The van der Waals surface area contributed by atoms with Crippen LogP contribution in [0.5, 0.6) is 0 Å². The minimum Gasteiger partial charge on any atom is -0.481 e. The number of nitrogens with one attached hydrogen (secondary N) is 1. The summed E-state index contributed by atoms with van der Waals surface area (Å²) in [6.07, 6.45) is 1.83. The summed E-state index contributed by atoms with van der Waals surface area (Å²) in [6, 6.07) is -1.50. The predicted molar refractivity (Wildman–Crippen MR) is 57.9 cm³/mol. The van der Waals surface area contributed by atoms with Gasteiger partial charge in [-0.25, -0.2) is 9.78 Å². The Bertz CT molecular complexity index is 471. The molecule has 1 heterocycles. The van der Waals surface area contributed by atoms with E-state index in [4.69, 9.17) is 10.2 Å². The third kappa shape index (κ3) is 3.81. The lowest BCUT2D eigenvalue weighted by Gasteiger charge is -2.11. The molecule has 0 aromatic carbocycles. The minimum atomic E-state index is -1.50. The van der Waals surface area contributed by atoms with Crippen LogP contribution in [0.25, 0.3) is 0 Å². The highest BCUT2D eigenvalue weighted by Crippen LogP contribution is 1.98. The Kier molecular flexibility index (Phi) is 4.30. The molecule has 1 atom stereocenters. The van der Waals surface area contributed by atoms with Crippen molar-refractivity contribution in [1.82, 2.24) is 15.3 Å². The van der Waals surface area contributed by atoms with Crippen molar-refractivity contribution in [2.24, 2.45) is 0 Å². The number of carboxylic acids is 2. The highest BCUT2D eigenvalue weighted by atomic mass is 16.4. The van der Waals surface area contributed by atoms with Gasteiger partial charge in [0.05, 0.1) is 18.3 Å². The van der Waals surface area contributed by atoms with E-state index in [1.165, 1.54) is 12.4 Å². The fraction of sp³-hybridized carbons (Fsp3) is 0.300. The second kappa shape index (κ2) is 5.71. The SMILES string of the molecule is Cc1cnc(C(=O)N[C@@H](CC(=O)O)C(=O)O)cn1. The first kappa shape index (κ1) is 13.6. The van der Waals surface area contributed by atoms with E-state index in [2.05, 4.69) is 15.3 Å². The van der Waals surface area contributed by atoms with Gasteiger partial charge in [0, 0.05) is 6.20 Å². The Labute approximate surface area is 102 Å². The van der Waals surface area contributed by atoms with Gasteiger partial charge in [-0.2, -0.15) is 0 Å². The number of amides is 1. The molecule has 1 rings (SSSR count). The van der Waals surface area contributed by atoms with E-state index in [1.54, 1.807) is 6.92 Å². The summed E-state index contributed by atoms with van der Waals surface area (Å²) in [7, 11) is 0. The van der Waals surface area contributed by atoms with Gasteiger partial charge >= 0.3 is 11.9 Å². The van der Waals surface area contributed by atoms with E-state index in [-0.39, 0.29) is 5.69 Å². The van der Waals surface area contributed by atoms with Gasteiger partial charge in [-0.05, 0) is 6.92 Å². The summed E-state index contributed by atoms with van der Waals surface area (Å²) in [5.74, 6) is -3.53. The largest absolute Gasteiger partial charge is 0.481 e. The average molecular weight is 253 g/mol. The summed E-state index contributed by atoms with van der Waals surface area (Å²) < 4.78 is 0. The van der Waals surface area contributed by atoms with Gasteiger partial charge in [-0.3, -0.25) is 14.6 Å². The Hall–Kier alpha value is -2.51. The lowest BCUT2D eigenvalue weighted by molar-refractivity contribution is -0.145. The maximum absolute atomic E-state index is 11.6. The molecule has 0 saturated heterocycles. The zero-order valence-electron chi connectivity index (χ0n) is 9.45. The number of carbonyl (C=O) groups is 3. The van der Waals surface area contributed by atoms with Crippen molar-refractivity contribution >= 4 is 17.8 Å². The molecule has 0 bridgehead atoms. The van der Waals surface area contributed by atoms with Gasteiger partial charge in [-0.15, -0.1) is 0 Å². The molecule has 0 aliphatic carbocycles. The summed E-state index contributed by atoms with van der Waals surface area (Å²) >= 11 is 0. The van der Waals surface area contributed by atoms with Crippen LogP contribution < -0.4 is 5.32 Å². The Balaban J connectivity index is 2.75. The maximum atomic E-state index is 11.6. The third-order valence-corrected chi connectivity index (χ3v) is 2.00. The number of carbonyl (C=O) groups excluding carboxylic acids is 1. The molecule has 0 fully saturated rings. The first-order chi connectivity index (χ1) is 8.40. The highest BCUT2D eigenvalue weighted by molar-refractivity contribution is 5.95. The number of aliphatic carboxylic acids is 2. The van der Waals surface area contributed by atoms with Crippen LogP contribution in [0.3, 0.4) is 0 Å². The normalized spacial score (nSPS) is 11.6. The van der Waals surface area contributed by atoms with Gasteiger partial charge in [0.15, 0.2) is 0 Å². The molecule has 0 radical (unpaired) electrons. The van der Waals surface area contributed by atoms with Crippen molar-refractivity contribution in [2.75, 3.05) is 0 Å². The van der Waals surface area contributed by atoms with E-state index < -0.39 is 30.3 Å². The van der Waals surface area contributed by atoms with Crippen LogP contribution in [0.1, 0.15) is 22.6 Å². The van der Waals surface area contributed by atoms with Gasteiger partial charge in [0.2, 0.25) is 0 Å². The van der Waals surface area contributed by atoms with Crippen LogP contribution in [0, 0.1) is 6.92 Å². The highest BCUT2D eigenvalue weighted by Gasteiger charge is 2.24. The zero-order valence-corrected chi connectivity index (χ0v) is 9.45. The van der Waals surface area contributed by atoms with E-state index in [1.807, 2.05) is 0 Å². The number of hydrogen-bond acceptors (Lipinski definition) is 5. The van der Waals surface area contributed by atoms with Crippen molar-refractivity contribution in [2.45, 2.75) is 19.4 Å². The van der Waals surface area contributed by atoms with Crippen LogP contribution >= 0.6 is 0 Å². The standard InChI is InChI=1S/C10H11N3O5/c1-5-3-12-7(4-11-5)9(16)13-6(10(17)18)2-8(14)15/h3-4,6H,2H2,1H3,(H,13,16)(H,14,15)(H,17,18)/t6-/m0/s1. The Morgan fingerprint density at radius 1 is 1.28 bits per heavy atom. The summed E-state index contributed by atoms with van der Waals surface area (Å²) in [5, 5.41) is 19.3. The Morgan fingerprint density at radius 2 is 1.94 bits per heavy atom. The second-order valence-electron chi connectivity index (χ2n) is 3.51. The van der Waals surface area contributed by atoms with Crippen molar-refractivity contribution < 1.29 is 24.6 Å². The molecule has 1 aromatic rings. The molecule has 8 nitrogen and oxygen atoms in total. The number of carboxylic acid groups (broad SMARTS) is 2. The Morgan fingerprint density at radius 3 is 2.39 bits per heavy atom. The quantitative estimate of drug-likeness (QED) is 0.641. The van der Waals surface area contributed by atoms with Crippen molar-refractivity contribution in [1.29, 1.82) is 0 Å². The molecule has 96 valence electrons. The molecule has 1 amide bonds. The minimum absolute atomic E-state index is 0.0720. The number of hydrogen-bond donors (Lipinski definition) is 3. The predicted octanol–water partition coefficient (Wildman–Crippen LogP) is -0.557. The average Bonchev–Trinajstić information content (AvgIpc) is 2.28. The molecular formula is C10H11N3O5. The van der Waals surface area contributed by atoms with Crippen LogP contribution in [0.4, 0.5) is 0 Å². The summed E-state index contributed by atoms with van der Waals surface area (Å²) in [5.41, 5.74) is 0.532. The van der Waals surface area contributed by atoms with E-state index in [9.17, 15) is 14.4 Å². The van der Waals surface area contributed by atoms with Gasteiger partial charge in [0.25, 0.3) is 5.91 Å². The lowest BCUT2D eigenvalue weighted by Crippen LogP contribution is -2.42. The maximum Gasteiger partial charge on any atom is 0.326 e. The molecule has 8 heteroatoms. The smallest absolute Gasteiger partial charge is 0.326 e. The third-order valence-electron chi connectivity index (χ3n) is 2.00. The number of rotatable bonds is 5. The zero-order chi connectivity index (χ0) is 13.7. The molecule has 18 heavy (non-hydrogen) atoms. The molecule has 3 N–H and O–H groups in total. The molecule has 0 aliphatic heterocycles. The van der Waals surface area contributed by atoms with Crippen LogP contribution in [0.2, 0.25) is 0 Å². The molecular weight excluding hydrogens is 242 g/mol. The fourth-order valence-corrected chi connectivity index (χ4v) is 1.12. The van der Waals surface area contributed by atoms with Crippen molar-refractivity contribution in [3.8, 4) is 0 Å². The van der Waals surface area contributed by atoms with Gasteiger partial charge < -0.3 is 15.5 Å². The number of aryl methyl sites for hydroxylation is 1. The number of nitrogens with zero attached hydrogens (tertiary/aromatic N) is 2. The molecule has 0 spiro atoms. The van der Waals surface area contributed by atoms with E-state index in [0.29, 0.717) is 5.69 Å². The van der Waals surface area contributed by atoms with Crippen LogP contribution in [-0.4, -0.2) is 44.1 Å². The monoisotopic (exact) mass is 253 g/mol. The fourth-order valence-electron chi connectivity index (χ4n) is 1.12. The lowest BCUT2D eigenvalue weighted by atomic mass is 10.2. The van der Waals surface area contributed by atoms with Crippen LogP contribution in [0.15, 0.2) is 12.4 Å². The van der Waals surface area contributed by atoms with E-state index >= 15 is 0 Å². The molecule has 1 aromatic heterocycles. The van der Waals surface area contributed by atoms with Gasteiger partial charge in [-0.1, -0.05) is 0 Å². The first-order valence-electron chi connectivity index (χ1n) is 4.94. The topological polar surface area (TPSA) is 129 Å². The summed E-state index contributed by atoms with van der Waals surface area (Å²) in [6.45, 7) is 1.68. The van der Waals surface area contributed by atoms with Crippen molar-refractivity contribution in [3.05, 3.63) is 23.8 Å². The van der Waals surface area contributed by atoms with Gasteiger partial charge in [0.1, 0.15) is 11.7 Å². The first-order valence-corrected chi connectivity index (χ1v) is 4.94. The van der Waals surface area contributed by atoms with Crippen molar-refractivity contribution in [3.63, 3.8) is 0 Å². The second-order valence-corrected chi connectivity index (χ2v) is 3.51. The number of aromatic nitrogens is 2. The molecule has 0 saturated carbocycles. The summed E-state index contributed by atoms with van der Waals surface area (Å²) in [4.78, 5) is 40.3. The van der Waals surface area contributed by atoms with Crippen LogP contribution in [-0.2, 0) is 9.59 Å². The van der Waals surface area contributed by atoms with E-state index in [0.717, 1.165) is 0 Å².